The van der Waals surface area contributed by atoms with Crippen LogP contribution in [-0.4, -0.2) is 44.8 Å². The third-order valence-corrected chi connectivity index (χ3v) is 5.76. The molecule has 0 aliphatic carbocycles. The molecule has 0 aliphatic heterocycles. The van der Waals surface area contributed by atoms with Gasteiger partial charge in [-0.05, 0) is 55.5 Å². The third-order valence-electron chi connectivity index (χ3n) is 4.20. The van der Waals surface area contributed by atoms with Crippen molar-refractivity contribution in [1.82, 2.24) is 14.9 Å². The number of methoxy groups -OCH3 is 2. The lowest BCUT2D eigenvalue weighted by Gasteiger charge is -2.13. The van der Waals surface area contributed by atoms with E-state index in [0.29, 0.717) is 17.1 Å². The zero-order valence-corrected chi connectivity index (χ0v) is 17.9. The number of sulfonamides is 1. The summed E-state index contributed by atoms with van der Waals surface area (Å²) in [6.45, 7) is 1.11. The fourth-order valence-electron chi connectivity index (χ4n) is 2.53. The van der Waals surface area contributed by atoms with Crippen molar-refractivity contribution in [1.29, 1.82) is 0 Å². The maximum Gasteiger partial charge on any atom is 0.324 e. The largest absolute Gasteiger partial charge is 0.497 e. The molecule has 0 saturated heterocycles. The molecule has 0 fully saturated rings. The van der Waals surface area contributed by atoms with Crippen molar-refractivity contribution in [2.24, 2.45) is 0 Å². The molecular formula is C20H21N3O7S. The van der Waals surface area contributed by atoms with E-state index in [-0.39, 0.29) is 23.2 Å². The van der Waals surface area contributed by atoms with Crippen LogP contribution >= 0.6 is 0 Å². The van der Waals surface area contributed by atoms with E-state index < -0.39 is 22.0 Å². The van der Waals surface area contributed by atoms with E-state index in [9.17, 15) is 13.2 Å². The Morgan fingerprint density at radius 2 is 1.61 bits per heavy atom. The van der Waals surface area contributed by atoms with E-state index in [4.69, 9.17) is 18.7 Å². The van der Waals surface area contributed by atoms with Gasteiger partial charge in [-0.25, -0.2) is 8.42 Å². The van der Waals surface area contributed by atoms with Gasteiger partial charge in [0.05, 0.1) is 19.1 Å². The average molecular weight is 447 g/mol. The highest BCUT2D eigenvalue weighted by molar-refractivity contribution is 7.89. The van der Waals surface area contributed by atoms with Gasteiger partial charge >= 0.3 is 5.97 Å². The molecule has 1 heterocycles. The van der Waals surface area contributed by atoms with Crippen LogP contribution in [0.3, 0.4) is 0 Å². The van der Waals surface area contributed by atoms with Crippen LogP contribution in [0.2, 0.25) is 0 Å². The molecule has 0 bridgehead atoms. The molecule has 3 rings (SSSR count). The number of esters is 1. The van der Waals surface area contributed by atoms with Crippen molar-refractivity contribution in [3.05, 3.63) is 54.4 Å². The number of nitrogens with zero attached hydrogens (tertiary/aromatic N) is 2. The monoisotopic (exact) mass is 447 g/mol. The summed E-state index contributed by atoms with van der Waals surface area (Å²) in [4.78, 5) is 16.4. The maximum absolute atomic E-state index is 12.4. The number of nitrogens with one attached hydrogen (secondary N) is 1. The lowest BCUT2D eigenvalue weighted by atomic mass is 10.2. The van der Waals surface area contributed by atoms with Crippen molar-refractivity contribution >= 4 is 16.0 Å². The Morgan fingerprint density at radius 3 is 2.19 bits per heavy atom. The molecule has 31 heavy (non-hydrogen) atoms. The number of ether oxygens (including phenoxy) is 3. The van der Waals surface area contributed by atoms with Crippen molar-refractivity contribution in [3.8, 4) is 23.0 Å². The van der Waals surface area contributed by atoms with E-state index in [1.54, 1.807) is 31.4 Å². The molecule has 0 radical (unpaired) electrons. The van der Waals surface area contributed by atoms with Gasteiger partial charge in [0.2, 0.25) is 15.8 Å². The lowest BCUT2D eigenvalue weighted by molar-refractivity contribution is -0.146. The number of benzene rings is 2. The summed E-state index contributed by atoms with van der Waals surface area (Å²) in [7, 11) is -0.879. The van der Waals surface area contributed by atoms with E-state index in [1.807, 2.05) is 0 Å². The Hall–Kier alpha value is -3.44. The van der Waals surface area contributed by atoms with Crippen LogP contribution in [0, 0.1) is 0 Å². The zero-order valence-electron chi connectivity index (χ0n) is 17.1. The summed E-state index contributed by atoms with van der Waals surface area (Å²) in [5.74, 6) is 0.809. The van der Waals surface area contributed by atoms with E-state index in [1.165, 1.54) is 38.3 Å². The SMILES string of the molecule is COc1ccc(-c2nc(COC(=O)[C@H](C)NS(=O)(=O)c3ccc(OC)cc3)no2)cc1. The molecule has 164 valence electrons. The highest BCUT2D eigenvalue weighted by Crippen LogP contribution is 2.21. The summed E-state index contributed by atoms with van der Waals surface area (Å²) in [6.07, 6.45) is 0. The fraction of sp³-hybridized carbons (Fsp3) is 0.250. The van der Waals surface area contributed by atoms with Gasteiger partial charge in [-0.1, -0.05) is 5.16 Å². The normalized spacial score (nSPS) is 12.2. The quantitative estimate of drug-likeness (QED) is 0.490. The summed E-state index contributed by atoms with van der Waals surface area (Å²) >= 11 is 0. The van der Waals surface area contributed by atoms with Gasteiger partial charge in [0.1, 0.15) is 17.5 Å². The molecule has 2 aromatic carbocycles. The van der Waals surface area contributed by atoms with Crippen LogP contribution in [0.25, 0.3) is 11.5 Å². The third kappa shape index (κ3) is 5.58. The topological polar surface area (TPSA) is 130 Å². The molecular weight excluding hydrogens is 426 g/mol. The van der Waals surface area contributed by atoms with Crippen molar-refractivity contribution in [2.45, 2.75) is 24.5 Å². The van der Waals surface area contributed by atoms with Crippen LogP contribution in [0.5, 0.6) is 11.5 Å². The minimum absolute atomic E-state index is 0.00440. The van der Waals surface area contributed by atoms with Gasteiger partial charge in [-0.2, -0.15) is 9.71 Å². The first-order valence-electron chi connectivity index (χ1n) is 9.12. The van der Waals surface area contributed by atoms with Crippen molar-refractivity contribution in [3.63, 3.8) is 0 Å². The first-order valence-corrected chi connectivity index (χ1v) is 10.6. The Morgan fingerprint density at radius 1 is 1.03 bits per heavy atom. The first kappa shape index (κ1) is 22.2. The van der Waals surface area contributed by atoms with Crippen LogP contribution in [0.4, 0.5) is 0 Å². The predicted molar refractivity (Wildman–Crippen MR) is 109 cm³/mol. The molecule has 0 amide bonds. The summed E-state index contributed by atoms with van der Waals surface area (Å²) in [6, 6.07) is 11.6. The van der Waals surface area contributed by atoms with Gasteiger partial charge in [0.25, 0.3) is 5.89 Å². The Labute approximate surface area is 179 Å². The molecule has 1 aromatic heterocycles. The molecule has 11 heteroatoms. The first-order chi connectivity index (χ1) is 14.8. The highest BCUT2D eigenvalue weighted by Gasteiger charge is 2.24. The summed E-state index contributed by atoms with van der Waals surface area (Å²) < 4.78 is 47.5. The van der Waals surface area contributed by atoms with E-state index in [2.05, 4.69) is 14.9 Å². The second-order valence-electron chi connectivity index (χ2n) is 6.37. The number of hydrogen-bond donors (Lipinski definition) is 1. The predicted octanol–water partition coefficient (Wildman–Crippen LogP) is 2.16. The second-order valence-corrected chi connectivity index (χ2v) is 8.08. The summed E-state index contributed by atoms with van der Waals surface area (Å²) in [5, 5.41) is 3.76. The molecule has 0 unspecified atom stereocenters. The Balaban J connectivity index is 1.56. The average Bonchev–Trinajstić information content (AvgIpc) is 3.26. The smallest absolute Gasteiger partial charge is 0.324 e. The Bertz CT molecular complexity index is 1130. The van der Waals surface area contributed by atoms with Crippen LogP contribution in [0.1, 0.15) is 12.7 Å². The minimum Gasteiger partial charge on any atom is -0.497 e. The maximum atomic E-state index is 12.4. The molecule has 0 spiro atoms. The van der Waals surface area contributed by atoms with Gasteiger partial charge in [-0.15, -0.1) is 0 Å². The number of carbonyl (C=O) groups excluding carboxylic acids is 1. The zero-order chi connectivity index (χ0) is 22.4. The highest BCUT2D eigenvalue weighted by atomic mass is 32.2. The molecule has 3 aromatic rings. The van der Waals surface area contributed by atoms with Crippen LogP contribution in [-0.2, 0) is 26.2 Å². The van der Waals surface area contributed by atoms with E-state index >= 15 is 0 Å². The summed E-state index contributed by atoms with van der Waals surface area (Å²) in [5.41, 5.74) is 0.673. The number of rotatable bonds is 9. The minimum atomic E-state index is -3.92. The Kier molecular flexibility index (Phi) is 6.88. The van der Waals surface area contributed by atoms with Gasteiger partial charge < -0.3 is 18.7 Å². The molecule has 0 saturated carbocycles. The molecule has 1 N–H and O–H groups in total. The standard InChI is InChI=1S/C20H21N3O7S/c1-13(23-31(25,26)17-10-8-16(28-3)9-11-17)20(24)29-12-18-21-19(30-22-18)14-4-6-15(27-2)7-5-14/h4-11,13,23H,12H2,1-3H3/t13-/m0/s1. The van der Waals surface area contributed by atoms with Gasteiger partial charge in [0, 0.05) is 5.56 Å². The number of aromatic nitrogens is 2. The van der Waals surface area contributed by atoms with Crippen molar-refractivity contribution in [2.75, 3.05) is 14.2 Å². The second kappa shape index (κ2) is 9.58. The fourth-order valence-corrected chi connectivity index (χ4v) is 3.72. The lowest BCUT2D eigenvalue weighted by Crippen LogP contribution is -2.39. The van der Waals surface area contributed by atoms with Crippen LogP contribution < -0.4 is 14.2 Å². The number of carbonyl (C=O) groups is 1. The van der Waals surface area contributed by atoms with Gasteiger partial charge in [0.15, 0.2) is 6.61 Å². The molecule has 0 aliphatic rings. The van der Waals surface area contributed by atoms with Gasteiger partial charge in [-0.3, -0.25) is 4.79 Å². The molecule has 10 nitrogen and oxygen atoms in total. The van der Waals surface area contributed by atoms with Crippen LogP contribution in [0.15, 0.2) is 57.9 Å². The van der Waals surface area contributed by atoms with E-state index in [0.717, 1.165) is 0 Å². The number of hydrogen-bond acceptors (Lipinski definition) is 9. The van der Waals surface area contributed by atoms with Crippen molar-refractivity contribution < 1.29 is 31.9 Å². The molecule has 1 atom stereocenters.